The highest BCUT2D eigenvalue weighted by Gasteiger charge is 2.24. The zero-order valence-electron chi connectivity index (χ0n) is 15.1. The quantitative estimate of drug-likeness (QED) is 0.606. The highest BCUT2D eigenvalue weighted by atomic mass is 16.3. The summed E-state index contributed by atoms with van der Waals surface area (Å²) in [6, 6.07) is 8.29. The van der Waals surface area contributed by atoms with Gasteiger partial charge in [0.1, 0.15) is 5.76 Å². The van der Waals surface area contributed by atoms with E-state index in [0.717, 1.165) is 36.9 Å². The first kappa shape index (κ1) is 17.5. The van der Waals surface area contributed by atoms with Gasteiger partial charge in [-0.3, -0.25) is 9.79 Å². The zero-order valence-corrected chi connectivity index (χ0v) is 15.1. The number of aliphatic imine (C=N–C) groups is 1. The molecule has 1 aliphatic carbocycles. The average Bonchev–Trinajstić information content (AvgIpc) is 2.91. The first-order chi connectivity index (χ1) is 12.1. The molecule has 1 aliphatic rings. The molecule has 1 saturated carbocycles. The second-order valence-electron chi connectivity index (χ2n) is 6.70. The van der Waals surface area contributed by atoms with E-state index >= 15 is 0 Å². The van der Waals surface area contributed by atoms with Crippen molar-refractivity contribution in [3.8, 4) is 0 Å². The van der Waals surface area contributed by atoms with Crippen molar-refractivity contribution in [3.05, 3.63) is 46.9 Å². The van der Waals surface area contributed by atoms with Crippen LogP contribution in [-0.4, -0.2) is 28.1 Å². The lowest BCUT2D eigenvalue weighted by Crippen LogP contribution is -2.21. The Morgan fingerprint density at radius 2 is 2.08 bits per heavy atom. The smallest absolute Gasteiger partial charge is 0.168 e. The van der Waals surface area contributed by atoms with Crippen molar-refractivity contribution in [1.82, 2.24) is 4.98 Å². The van der Waals surface area contributed by atoms with E-state index in [1.165, 1.54) is 16.6 Å². The summed E-state index contributed by atoms with van der Waals surface area (Å²) < 4.78 is 0. The molecule has 0 saturated heterocycles. The Hall–Kier alpha value is -2.36. The molecule has 0 amide bonds. The van der Waals surface area contributed by atoms with E-state index in [1.54, 1.807) is 0 Å². The van der Waals surface area contributed by atoms with Gasteiger partial charge in [0.05, 0.1) is 5.57 Å². The van der Waals surface area contributed by atoms with E-state index in [2.05, 4.69) is 30.1 Å². The number of benzene rings is 1. The van der Waals surface area contributed by atoms with Gasteiger partial charge in [-0.15, -0.1) is 0 Å². The van der Waals surface area contributed by atoms with Crippen molar-refractivity contribution in [2.75, 3.05) is 6.54 Å². The maximum Gasteiger partial charge on any atom is 0.168 e. The molecule has 1 aromatic carbocycles. The van der Waals surface area contributed by atoms with Crippen LogP contribution >= 0.6 is 0 Å². The molecule has 2 aromatic rings. The number of rotatable bonds is 5. The van der Waals surface area contributed by atoms with E-state index in [1.807, 2.05) is 13.0 Å². The van der Waals surface area contributed by atoms with E-state index < -0.39 is 0 Å². The van der Waals surface area contributed by atoms with Gasteiger partial charge in [0, 0.05) is 41.7 Å². The van der Waals surface area contributed by atoms with Gasteiger partial charge in [0.15, 0.2) is 5.78 Å². The Labute approximate surface area is 148 Å². The number of allylic oxidation sites excluding steroid dienone is 2. The normalized spacial score (nSPS) is 19.0. The number of H-pyrrole nitrogens is 1. The number of aliphatic hydroxyl groups excluding tert-OH is 1. The number of aromatic amines is 1. The van der Waals surface area contributed by atoms with Gasteiger partial charge in [-0.25, -0.2) is 0 Å². The number of nitrogens with zero attached hydrogens (tertiary/aromatic N) is 1. The average molecular weight is 338 g/mol. The van der Waals surface area contributed by atoms with Gasteiger partial charge < -0.3 is 10.1 Å². The van der Waals surface area contributed by atoms with Crippen molar-refractivity contribution in [3.63, 3.8) is 0 Å². The number of aromatic nitrogens is 1. The Kier molecular flexibility index (Phi) is 5.37. The van der Waals surface area contributed by atoms with Gasteiger partial charge >= 0.3 is 0 Å². The molecule has 2 N–H and O–H groups in total. The van der Waals surface area contributed by atoms with Crippen molar-refractivity contribution >= 4 is 22.4 Å². The molecule has 0 unspecified atom stereocenters. The number of para-hydroxylation sites is 1. The maximum atomic E-state index is 12.2. The Morgan fingerprint density at radius 1 is 1.28 bits per heavy atom. The minimum atomic E-state index is 0.0409. The van der Waals surface area contributed by atoms with Crippen molar-refractivity contribution in [1.29, 1.82) is 0 Å². The highest BCUT2D eigenvalue weighted by molar-refractivity contribution is 6.24. The number of aryl methyl sites for hydroxylation is 1. The maximum absolute atomic E-state index is 12.2. The van der Waals surface area contributed by atoms with Crippen LogP contribution in [0.25, 0.3) is 10.9 Å². The van der Waals surface area contributed by atoms with Gasteiger partial charge in [0.2, 0.25) is 0 Å². The summed E-state index contributed by atoms with van der Waals surface area (Å²) in [6.07, 6.45) is 4.32. The predicted molar refractivity (Wildman–Crippen MR) is 102 cm³/mol. The summed E-state index contributed by atoms with van der Waals surface area (Å²) in [5.74, 6) is 0.258. The van der Waals surface area contributed by atoms with E-state index in [-0.39, 0.29) is 11.5 Å². The summed E-state index contributed by atoms with van der Waals surface area (Å²) >= 11 is 0. The molecule has 25 heavy (non-hydrogen) atoms. The molecule has 4 nitrogen and oxygen atoms in total. The van der Waals surface area contributed by atoms with Gasteiger partial charge in [0.25, 0.3) is 0 Å². The van der Waals surface area contributed by atoms with Gasteiger partial charge in [-0.1, -0.05) is 25.1 Å². The third-order valence-corrected chi connectivity index (χ3v) is 4.85. The molecule has 1 aromatic heterocycles. The van der Waals surface area contributed by atoms with Gasteiger partial charge in [-0.05, 0) is 44.2 Å². The van der Waals surface area contributed by atoms with Crippen molar-refractivity contribution in [2.45, 2.75) is 52.4 Å². The molecular weight excluding hydrogens is 312 g/mol. The van der Waals surface area contributed by atoms with Crippen LogP contribution in [0.2, 0.25) is 0 Å². The predicted octanol–water partition coefficient (Wildman–Crippen LogP) is 4.83. The van der Waals surface area contributed by atoms with E-state index in [9.17, 15) is 9.90 Å². The number of fused-ring (bicyclic) bond motifs is 1. The van der Waals surface area contributed by atoms with Crippen LogP contribution in [0.15, 0.2) is 40.6 Å². The Morgan fingerprint density at radius 3 is 2.88 bits per heavy atom. The molecule has 1 heterocycles. The molecule has 0 aliphatic heterocycles. The van der Waals surface area contributed by atoms with E-state index in [0.29, 0.717) is 25.0 Å². The standard InChI is InChI=1S/C21H26N2O2/c1-3-7-19(24)21-18(10-6-11-20(21)25)22-13-12-15-14(2)23-17-9-5-4-8-16(15)17/h4-5,8-9,23-24H,3,6-7,10-13H2,1-2H3. The fourth-order valence-electron chi connectivity index (χ4n) is 3.63. The second kappa shape index (κ2) is 7.68. The molecule has 0 bridgehead atoms. The van der Waals surface area contributed by atoms with Crippen LogP contribution in [0.4, 0.5) is 0 Å². The summed E-state index contributed by atoms with van der Waals surface area (Å²) in [5, 5.41) is 11.5. The number of carbonyl (C=O) groups is 1. The summed E-state index contributed by atoms with van der Waals surface area (Å²) in [7, 11) is 0. The lowest BCUT2D eigenvalue weighted by Gasteiger charge is -2.17. The summed E-state index contributed by atoms with van der Waals surface area (Å²) in [4.78, 5) is 20.4. The molecule has 132 valence electrons. The molecule has 0 atom stereocenters. The molecule has 3 rings (SSSR count). The van der Waals surface area contributed by atoms with Crippen LogP contribution in [0.3, 0.4) is 0 Å². The second-order valence-corrected chi connectivity index (χ2v) is 6.70. The summed E-state index contributed by atoms with van der Waals surface area (Å²) in [6.45, 7) is 4.72. The molecule has 0 spiro atoms. The topological polar surface area (TPSA) is 65.4 Å². The monoisotopic (exact) mass is 338 g/mol. The number of ketones is 1. The largest absolute Gasteiger partial charge is 0.511 e. The van der Waals surface area contributed by atoms with Gasteiger partial charge in [-0.2, -0.15) is 0 Å². The number of aliphatic hydroxyl groups is 1. The fourth-order valence-corrected chi connectivity index (χ4v) is 3.63. The fraction of sp³-hybridized carbons (Fsp3) is 0.429. The van der Waals surface area contributed by atoms with E-state index in [4.69, 9.17) is 4.99 Å². The van der Waals surface area contributed by atoms with Crippen LogP contribution in [-0.2, 0) is 11.2 Å². The zero-order chi connectivity index (χ0) is 17.8. The number of Topliss-reactive ketones (excluding diaryl/α,β-unsaturated/α-hetero) is 1. The third-order valence-electron chi connectivity index (χ3n) is 4.85. The Balaban J connectivity index is 1.81. The minimum absolute atomic E-state index is 0.0409. The van der Waals surface area contributed by atoms with Crippen molar-refractivity contribution < 1.29 is 9.90 Å². The summed E-state index contributed by atoms with van der Waals surface area (Å²) in [5.41, 5.74) is 4.89. The number of hydrogen-bond acceptors (Lipinski definition) is 3. The third kappa shape index (κ3) is 3.68. The lowest BCUT2D eigenvalue weighted by molar-refractivity contribution is -0.115. The molecule has 1 fully saturated rings. The molecular formula is C21H26N2O2. The highest BCUT2D eigenvalue weighted by Crippen LogP contribution is 2.24. The minimum Gasteiger partial charge on any atom is -0.511 e. The van der Waals surface area contributed by atoms with Crippen LogP contribution < -0.4 is 0 Å². The number of nitrogens with one attached hydrogen (secondary N) is 1. The number of carbonyl (C=O) groups excluding carboxylic acids is 1. The molecule has 0 radical (unpaired) electrons. The number of hydrogen-bond donors (Lipinski definition) is 2. The molecule has 4 heteroatoms. The van der Waals surface area contributed by atoms with Crippen molar-refractivity contribution in [2.24, 2.45) is 4.99 Å². The van der Waals surface area contributed by atoms with Crippen LogP contribution in [0, 0.1) is 6.92 Å². The Bertz CT molecular complexity index is 843. The lowest BCUT2D eigenvalue weighted by atomic mass is 9.89. The van der Waals surface area contributed by atoms with Crippen LogP contribution in [0.1, 0.15) is 50.3 Å². The first-order valence-corrected chi connectivity index (χ1v) is 9.17. The SMILES string of the molecule is CCCC(O)=C1C(=O)CCCC1=NCCc1c(C)[nH]c2ccccc12. The van der Waals surface area contributed by atoms with Crippen LogP contribution in [0.5, 0.6) is 0 Å². The first-order valence-electron chi connectivity index (χ1n) is 9.17.